The van der Waals surface area contributed by atoms with E-state index in [9.17, 15) is 18.0 Å². The first-order chi connectivity index (χ1) is 8.39. The van der Waals surface area contributed by atoms with Crippen LogP contribution in [0.5, 0.6) is 0 Å². The van der Waals surface area contributed by atoms with Gasteiger partial charge in [-0.1, -0.05) is 30.3 Å². The van der Waals surface area contributed by atoms with Gasteiger partial charge in [-0.05, 0) is 24.8 Å². The van der Waals surface area contributed by atoms with Crippen LogP contribution in [0.2, 0.25) is 0 Å². The molecule has 1 aromatic carbocycles. The minimum atomic E-state index is -3.89. The van der Waals surface area contributed by atoms with Crippen LogP contribution in [0, 0.1) is 5.92 Å². The van der Waals surface area contributed by atoms with Gasteiger partial charge in [0.05, 0.1) is 5.92 Å². The van der Waals surface area contributed by atoms with E-state index >= 15 is 0 Å². The average Bonchev–Trinajstić information content (AvgIpc) is 3.11. The Morgan fingerprint density at radius 3 is 2.11 bits per heavy atom. The standard InChI is InChI=1S/C9H10O2.C4H5F3/c10-9(11)7-6-8-4-2-1-3-5-8;5-4(6,7)3-1-2-3/h1-5H,6-7H2,(H,10,11);3H,1-2H2. The summed E-state index contributed by atoms with van der Waals surface area (Å²) >= 11 is 0. The Morgan fingerprint density at radius 1 is 1.22 bits per heavy atom. The molecule has 0 aliphatic heterocycles. The van der Waals surface area contributed by atoms with Crippen molar-refractivity contribution in [3.05, 3.63) is 35.9 Å². The van der Waals surface area contributed by atoms with E-state index in [2.05, 4.69) is 0 Å². The van der Waals surface area contributed by atoms with Gasteiger partial charge in [0.1, 0.15) is 0 Å². The minimum absolute atomic E-state index is 0.212. The molecule has 1 saturated carbocycles. The van der Waals surface area contributed by atoms with Crippen molar-refractivity contribution in [2.24, 2.45) is 5.92 Å². The Morgan fingerprint density at radius 2 is 1.78 bits per heavy atom. The third-order valence-corrected chi connectivity index (χ3v) is 2.51. The van der Waals surface area contributed by atoms with Crippen LogP contribution in [0.15, 0.2) is 30.3 Å². The summed E-state index contributed by atoms with van der Waals surface area (Å²) in [6.45, 7) is 0. The molecular formula is C13H15F3O2. The van der Waals surface area contributed by atoms with Crippen LogP contribution in [0.25, 0.3) is 0 Å². The number of aryl methyl sites for hydroxylation is 1. The lowest BCUT2D eigenvalue weighted by atomic mass is 10.1. The maximum absolute atomic E-state index is 11.2. The van der Waals surface area contributed by atoms with Gasteiger partial charge in [-0.15, -0.1) is 0 Å². The first-order valence-corrected chi connectivity index (χ1v) is 5.72. The van der Waals surface area contributed by atoms with Crippen LogP contribution in [0.3, 0.4) is 0 Å². The van der Waals surface area contributed by atoms with E-state index in [0.717, 1.165) is 5.56 Å². The normalized spacial score (nSPS) is 14.6. The van der Waals surface area contributed by atoms with Crippen LogP contribution in [-0.2, 0) is 11.2 Å². The van der Waals surface area contributed by atoms with Crippen LogP contribution in [0.4, 0.5) is 13.2 Å². The molecule has 2 rings (SSSR count). The van der Waals surface area contributed by atoms with E-state index in [1.165, 1.54) is 0 Å². The molecule has 0 radical (unpaired) electrons. The monoisotopic (exact) mass is 260 g/mol. The SMILES string of the molecule is FC(F)(F)C1CC1.O=C(O)CCc1ccccc1. The summed E-state index contributed by atoms with van der Waals surface area (Å²) in [7, 11) is 0. The predicted molar refractivity (Wildman–Crippen MR) is 61.2 cm³/mol. The summed E-state index contributed by atoms with van der Waals surface area (Å²) in [6.07, 6.45) is -2.35. The average molecular weight is 260 g/mol. The fourth-order valence-electron chi connectivity index (χ4n) is 1.31. The van der Waals surface area contributed by atoms with Gasteiger partial charge in [-0.3, -0.25) is 4.79 Å². The van der Waals surface area contributed by atoms with Gasteiger partial charge in [0.15, 0.2) is 0 Å². The van der Waals surface area contributed by atoms with E-state index in [-0.39, 0.29) is 6.42 Å². The van der Waals surface area contributed by atoms with Crippen molar-refractivity contribution in [3.8, 4) is 0 Å². The molecule has 1 aromatic rings. The van der Waals surface area contributed by atoms with Gasteiger partial charge < -0.3 is 5.11 Å². The van der Waals surface area contributed by atoms with E-state index in [1.54, 1.807) is 0 Å². The zero-order chi connectivity index (χ0) is 13.6. The summed E-state index contributed by atoms with van der Waals surface area (Å²) in [5.41, 5.74) is 1.08. The maximum atomic E-state index is 11.2. The summed E-state index contributed by atoms with van der Waals surface area (Å²) in [5, 5.41) is 8.37. The van der Waals surface area contributed by atoms with Gasteiger partial charge in [0.2, 0.25) is 0 Å². The number of carboxylic acid groups (broad SMARTS) is 1. The number of carbonyl (C=O) groups is 1. The van der Waals surface area contributed by atoms with E-state index in [4.69, 9.17) is 5.11 Å². The molecule has 1 aliphatic carbocycles. The molecule has 0 saturated heterocycles. The number of aliphatic carboxylic acids is 1. The smallest absolute Gasteiger partial charge is 0.391 e. The number of rotatable bonds is 3. The lowest BCUT2D eigenvalue weighted by Gasteiger charge is -1.99. The molecule has 2 nitrogen and oxygen atoms in total. The van der Waals surface area contributed by atoms with Gasteiger partial charge in [0, 0.05) is 6.42 Å². The highest BCUT2D eigenvalue weighted by molar-refractivity contribution is 5.67. The van der Waals surface area contributed by atoms with E-state index in [0.29, 0.717) is 19.3 Å². The number of hydrogen-bond donors (Lipinski definition) is 1. The number of carboxylic acids is 1. The highest BCUT2D eigenvalue weighted by Gasteiger charge is 2.46. The van der Waals surface area contributed by atoms with Crippen LogP contribution in [-0.4, -0.2) is 17.3 Å². The quantitative estimate of drug-likeness (QED) is 0.900. The number of benzene rings is 1. The zero-order valence-electron chi connectivity index (χ0n) is 9.78. The molecule has 0 spiro atoms. The maximum Gasteiger partial charge on any atom is 0.391 e. The number of alkyl halides is 3. The third kappa shape index (κ3) is 6.27. The molecule has 0 aromatic heterocycles. The van der Waals surface area contributed by atoms with Gasteiger partial charge in [0.25, 0.3) is 0 Å². The van der Waals surface area contributed by atoms with E-state index in [1.807, 2.05) is 30.3 Å². The van der Waals surface area contributed by atoms with Crippen molar-refractivity contribution in [2.75, 3.05) is 0 Å². The van der Waals surface area contributed by atoms with Crippen molar-refractivity contribution < 1.29 is 23.1 Å². The highest BCUT2D eigenvalue weighted by Crippen LogP contribution is 2.43. The van der Waals surface area contributed by atoms with Crippen LogP contribution < -0.4 is 0 Å². The van der Waals surface area contributed by atoms with Crippen LogP contribution >= 0.6 is 0 Å². The topological polar surface area (TPSA) is 37.3 Å². The zero-order valence-corrected chi connectivity index (χ0v) is 9.78. The van der Waals surface area contributed by atoms with Gasteiger partial charge >= 0.3 is 12.1 Å². The second-order valence-corrected chi connectivity index (χ2v) is 4.20. The Labute approximate surface area is 103 Å². The summed E-state index contributed by atoms with van der Waals surface area (Å²) in [5.74, 6) is -1.69. The second kappa shape index (κ2) is 6.42. The molecule has 5 heteroatoms. The lowest BCUT2D eigenvalue weighted by molar-refractivity contribution is -0.147. The fourth-order valence-corrected chi connectivity index (χ4v) is 1.31. The van der Waals surface area contributed by atoms with Crippen molar-refractivity contribution in [1.29, 1.82) is 0 Å². The molecule has 0 unspecified atom stereocenters. The molecular weight excluding hydrogens is 245 g/mol. The third-order valence-electron chi connectivity index (χ3n) is 2.51. The van der Waals surface area contributed by atoms with Crippen molar-refractivity contribution in [1.82, 2.24) is 0 Å². The van der Waals surface area contributed by atoms with Crippen molar-refractivity contribution in [3.63, 3.8) is 0 Å². The van der Waals surface area contributed by atoms with Gasteiger partial charge in [-0.25, -0.2) is 0 Å². The molecule has 1 aliphatic rings. The molecule has 0 atom stereocenters. The Bertz CT molecular complexity index is 370. The first-order valence-electron chi connectivity index (χ1n) is 5.72. The van der Waals surface area contributed by atoms with Gasteiger partial charge in [-0.2, -0.15) is 13.2 Å². The minimum Gasteiger partial charge on any atom is -0.481 e. The number of hydrogen-bond acceptors (Lipinski definition) is 1. The first kappa shape index (κ1) is 14.5. The largest absolute Gasteiger partial charge is 0.481 e. The fraction of sp³-hybridized carbons (Fsp3) is 0.462. The highest BCUT2D eigenvalue weighted by atomic mass is 19.4. The van der Waals surface area contributed by atoms with Crippen molar-refractivity contribution in [2.45, 2.75) is 31.9 Å². The Kier molecular flexibility index (Phi) is 5.19. The number of halogens is 3. The summed E-state index contributed by atoms with van der Waals surface area (Å²) in [4.78, 5) is 10.2. The molecule has 0 heterocycles. The Hall–Kier alpha value is -1.52. The summed E-state index contributed by atoms with van der Waals surface area (Å²) < 4.78 is 33.7. The molecule has 1 fully saturated rings. The second-order valence-electron chi connectivity index (χ2n) is 4.20. The Balaban J connectivity index is 0.000000199. The van der Waals surface area contributed by atoms with E-state index < -0.39 is 18.1 Å². The molecule has 100 valence electrons. The molecule has 18 heavy (non-hydrogen) atoms. The molecule has 0 bridgehead atoms. The summed E-state index contributed by atoms with van der Waals surface area (Å²) in [6, 6.07) is 9.62. The van der Waals surface area contributed by atoms with Crippen LogP contribution in [0.1, 0.15) is 24.8 Å². The molecule has 0 amide bonds. The van der Waals surface area contributed by atoms with Crippen molar-refractivity contribution >= 4 is 5.97 Å². The lowest BCUT2D eigenvalue weighted by Crippen LogP contribution is -2.08. The molecule has 1 N–H and O–H groups in total. The predicted octanol–water partition coefficient (Wildman–Crippen LogP) is 3.66.